The van der Waals surface area contributed by atoms with Gasteiger partial charge in [0, 0.05) is 13.5 Å². The van der Waals surface area contributed by atoms with Gasteiger partial charge in [-0.2, -0.15) is 0 Å². The monoisotopic (exact) mass is 305 g/mol. The van der Waals surface area contributed by atoms with Gasteiger partial charge in [-0.25, -0.2) is 4.98 Å². The first-order valence-electron chi connectivity index (χ1n) is 6.99. The van der Waals surface area contributed by atoms with Crippen molar-refractivity contribution in [1.82, 2.24) is 15.3 Å². The summed E-state index contributed by atoms with van der Waals surface area (Å²) < 4.78 is 0. The van der Waals surface area contributed by atoms with Crippen molar-refractivity contribution < 1.29 is 15.0 Å². The van der Waals surface area contributed by atoms with E-state index >= 15 is 0 Å². The number of aliphatic hydroxyl groups excluding tert-OH is 2. The number of aryl methyl sites for hydroxylation is 1. The van der Waals surface area contributed by atoms with Crippen LogP contribution in [0, 0.1) is 6.92 Å². The normalized spacial score (nSPS) is 13.8. The fourth-order valence-corrected chi connectivity index (χ4v) is 2.23. The van der Waals surface area contributed by atoms with Crippen molar-refractivity contribution in [1.29, 1.82) is 0 Å². The molecule has 0 aliphatic carbocycles. The standard InChI is InChI=1S/C15H19N3O4/c1-8-17-12-4-3-10(7-11(12)15(22)18-8)14(21)13(20)5-6-16-9(2)19/h3-4,7,13-14,20-21H,5-6H2,1-2H3,(H,16,19)(H,17,18,22). The molecular formula is C15H19N3O4. The van der Waals surface area contributed by atoms with E-state index < -0.39 is 12.2 Å². The number of aliphatic hydroxyl groups is 2. The summed E-state index contributed by atoms with van der Waals surface area (Å²) in [7, 11) is 0. The summed E-state index contributed by atoms with van der Waals surface area (Å²) in [5, 5.41) is 23.0. The first-order chi connectivity index (χ1) is 10.4. The SMILES string of the molecule is CC(=O)NCCC(O)C(O)c1ccc2nc(C)[nH]c(=O)c2c1. The first kappa shape index (κ1) is 16.1. The van der Waals surface area contributed by atoms with Crippen LogP contribution < -0.4 is 10.9 Å². The summed E-state index contributed by atoms with van der Waals surface area (Å²) in [5.41, 5.74) is 0.674. The maximum absolute atomic E-state index is 11.9. The van der Waals surface area contributed by atoms with Crippen molar-refractivity contribution in [2.24, 2.45) is 0 Å². The van der Waals surface area contributed by atoms with Crippen LogP contribution in [0.2, 0.25) is 0 Å². The van der Waals surface area contributed by atoms with Gasteiger partial charge in [-0.3, -0.25) is 9.59 Å². The van der Waals surface area contributed by atoms with Gasteiger partial charge in [0.25, 0.3) is 5.56 Å². The summed E-state index contributed by atoms with van der Waals surface area (Å²) >= 11 is 0. The van der Waals surface area contributed by atoms with Crippen molar-refractivity contribution in [2.75, 3.05) is 6.54 Å². The Morgan fingerprint density at radius 3 is 2.82 bits per heavy atom. The van der Waals surface area contributed by atoms with Crippen molar-refractivity contribution in [3.63, 3.8) is 0 Å². The van der Waals surface area contributed by atoms with Crippen molar-refractivity contribution >= 4 is 16.8 Å². The maximum Gasteiger partial charge on any atom is 0.258 e. The van der Waals surface area contributed by atoms with Gasteiger partial charge in [-0.15, -0.1) is 0 Å². The molecule has 7 nitrogen and oxygen atoms in total. The predicted molar refractivity (Wildman–Crippen MR) is 81.4 cm³/mol. The van der Waals surface area contributed by atoms with Gasteiger partial charge in [0.05, 0.1) is 17.0 Å². The molecular weight excluding hydrogens is 286 g/mol. The number of nitrogens with zero attached hydrogens (tertiary/aromatic N) is 1. The van der Waals surface area contributed by atoms with Crippen LogP contribution in [0.25, 0.3) is 10.9 Å². The Morgan fingerprint density at radius 1 is 1.41 bits per heavy atom. The summed E-state index contributed by atoms with van der Waals surface area (Å²) in [5.74, 6) is 0.321. The number of carbonyl (C=O) groups is 1. The second-order valence-electron chi connectivity index (χ2n) is 5.21. The molecule has 2 unspecified atom stereocenters. The highest BCUT2D eigenvalue weighted by Gasteiger charge is 2.19. The van der Waals surface area contributed by atoms with Crippen LogP contribution in [0.1, 0.15) is 30.8 Å². The van der Waals surface area contributed by atoms with Crippen LogP contribution >= 0.6 is 0 Å². The lowest BCUT2D eigenvalue weighted by Crippen LogP contribution is -2.27. The maximum atomic E-state index is 11.9. The van der Waals surface area contributed by atoms with E-state index in [4.69, 9.17) is 0 Å². The molecule has 2 atom stereocenters. The first-order valence-corrected chi connectivity index (χ1v) is 6.99. The van der Waals surface area contributed by atoms with Gasteiger partial charge < -0.3 is 20.5 Å². The van der Waals surface area contributed by atoms with Crippen LogP contribution in [0.4, 0.5) is 0 Å². The van der Waals surface area contributed by atoms with Gasteiger partial charge in [0.15, 0.2) is 0 Å². The number of aromatic amines is 1. The number of hydrogen-bond donors (Lipinski definition) is 4. The van der Waals surface area contributed by atoms with Gasteiger partial charge in [0.1, 0.15) is 11.9 Å². The molecule has 0 spiro atoms. The molecule has 118 valence electrons. The molecule has 0 aliphatic rings. The van der Waals surface area contributed by atoms with Gasteiger partial charge in [-0.1, -0.05) is 6.07 Å². The van der Waals surface area contributed by atoms with E-state index in [0.717, 1.165) is 0 Å². The average molecular weight is 305 g/mol. The van der Waals surface area contributed by atoms with E-state index in [1.54, 1.807) is 19.1 Å². The van der Waals surface area contributed by atoms with Gasteiger partial charge >= 0.3 is 0 Å². The molecule has 0 saturated heterocycles. The lowest BCUT2D eigenvalue weighted by atomic mass is 10.0. The third-order valence-electron chi connectivity index (χ3n) is 3.37. The number of nitrogens with one attached hydrogen (secondary N) is 2. The third kappa shape index (κ3) is 3.69. The Hall–Kier alpha value is -2.25. The number of carbonyl (C=O) groups excluding carboxylic acids is 1. The molecule has 2 aromatic rings. The summed E-state index contributed by atoms with van der Waals surface area (Å²) in [6, 6.07) is 4.78. The van der Waals surface area contributed by atoms with E-state index in [2.05, 4.69) is 15.3 Å². The number of hydrogen-bond acceptors (Lipinski definition) is 5. The van der Waals surface area contributed by atoms with E-state index in [9.17, 15) is 19.8 Å². The summed E-state index contributed by atoms with van der Waals surface area (Å²) in [6.45, 7) is 3.34. The predicted octanol–water partition coefficient (Wildman–Crippen LogP) is 0.152. The average Bonchev–Trinajstić information content (AvgIpc) is 2.45. The quantitative estimate of drug-likeness (QED) is 0.628. The number of aromatic nitrogens is 2. The number of fused-ring (bicyclic) bond motifs is 1. The van der Waals surface area contributed by atoms with Crippen LogP contribution in [-0.2, 0) is 4.79 Å². The minimum atomic E-state index is -1.14. The molecule has 0 saturated carbocycles. The van der Waals surface area contributed by atoms with Gasteiger partial charge in [-0.05, 0) is 31.0 Å². The fourth-order valence-electron chi connectivity index (χ4n) is 2.23. The second kappa shape index (κ2) is 6.67. The molecule has 2 rings (SSSR count). The highest BCUT2D eigenvalue weighted by atomic mass is 16.3. The highest BCUT2D eigenvalue weighted by Crippen LogP contribution is 2.21. The minimum absolute atomic E-state index is 0.194. The zero-order valence-electron chi connectivity index (χ0n) is 12.5. The molecule has 1 aromatic carbocycles. The van der Waals surface area contributed by atoms with Crippen molar-refractivity contribution in [3.8, 4) is 0 Å². The zero-order chi connectivity index (χ0) is 16.3. The molecule has 0 fully saturated rings. The Bertz CT molecular complexity index is 741. The summed E-state index contributed by atoms with van der Waals surface area (Å²) in [4.78, 5) is 29.5. The van der Waals surface area contributed by atoms with E-state index in [1.807, 2.05) is 0 Å². The topological polar surface area (TPSA) is 115 Å². The molecule has 4 N–H and O–H groups in total. The van der Waals surface area contributed by atoms with E-state index in [-0.39, 0.29) is 24.4 Å². The van der Waals surface area contributed by atoms with Gasteiger partial charge in [0.2, 0.25) is 5.91 Å². The molecule has 0 radical (unpaired) electrons. The van der Waals surface area contributed by atoms with Crippen LogP contribution in [0.3, 0.4) is 0 Å². The number of amides is 1. The van der Waals surface area contributed by atoms with Crippen molar-refractivity contribution in [2.45, 2.75) is 32.5 Å². The van der Waals surface area contributed by atoms with Crippen LogP contribution in [0.15, 0.2) is 23.0 Å². The highest BCUT2D eigenvalue weighted by molar-refractivity contribution is 5.78. The molecule has 1 aromatic heterocycles. The lowest BCUT2D eigenvalue weighted by Gasteiger charge is -2.18. The summed E-state index contributed by atoms with van der Waals surface area (Å²) in [6.07, 6.45) is -1.97. The molecule has 1 heterocycles. The molecule has 0 bridgehead atoms. The molecule has 0 aliphatic heterocycles. The van der Waals surface area contributed by atoms with Crippen LogP contribution in [-0.4, -0.2) is 38.7 Å². The van der Waals surface area contributed by atoms with Crippen molar-refractivity contribution in [3.05, 3.63) is 39.9 Å². The second-order valence-corrected chi connectivity index (χ2v) is 5.21. The minimum Gasteiger partial charge on any atom is -0.390 e. The molecule has 22 heavy (non-hydrogen) atoms. The third-order valence-corrected chi connectivity index (χ3v) is 3.37. The Labute approximate surface area is 127 Å². The molecule has 1 amide bonds. The smallest absolute Gasteiger partial charge is 0.258 e. The number of H-pyrrole nitrogens is 1. The van der Waals surface area contributed by atoms with E-state index in [1.165, 1.54) is 13.0 Å². The number of benzene rings is 1. The largest absolute Gasteiger partial charge is 0.390 e. The Kier molecular flexibility index (Phi) is 4.89. The fraction of sp³-hybridized carbons (Fsp3) is 0.400. The van der Waals surface area contributed by atoms with E-state index in [0.29, 0.717) is 22.3 Å². The van der Waals surface area contributed by atoms with Crippen LogP contribution in [0.5, 0.6) is 0 Å². The Balaban J connectivity index is 2.19. The number of rotatable bonds is 5. The Morgan fingerprint density at radius 2 is 2.14 bits per heavy atom. The molecule has 7 heteroatoms. The lowest BCUT2D eigenvalue weighted by molar-refractivity contribution is -0.119. The zero-order valence-corrected chi connectivity index (χ0v) is 12.5.